The average Bonchev–Trinajstić information content (AvgIpc) is 2.39. The molecule has 0 bridgehead atoms. The first-order valence-electron chi connectivity index (χ1n) is 7.64. The molecular weight excluding hydrogens is 232 g/mol. The number of hydrogen-bond donors (Lipinski definition) is 1. The summed E-state index contributed by atoms with van der Waals surface area (Å²) in [6, 6.07) is 7.61. The topological polar surface area (TPSA) is 15.3 Å². The molecule has 2 rings (SSSR count). The fourth-order valence-corrected chi connectivity index (χ4v) is 3.26. The Hall–Kier alpha value is -0.860. The Labute approximate surface area is 118 Å². The van der Waals surface area contributed by atoms with Crippen LogP contribution >= 0.6 is 0 Å². The second kappa shape index (κ2) is 6.53. The van der Waals surface area contributed by atoms with Gasteiger partial charge in [-0.25, -0.2) is 0 Å². The molecule has 1 aliphatic rings. The number of hydrogen-bond acceptors (Lipinski definition) is 2. The first kappa shape index (κ1) is 14.5. The third-order valence-electron chi connectivity index (χ3n) is 4.31. The van der Waals surface area contributed by atoms with Crippen LogP contribution in [0.2, 0.25) is 0 Å². The maximum Gasteiger partial charge on any atom is 0.0374 e. The molecule has 1 aliphatic heterocycles. The third-order valence-corrected chi connectivity index (χ3v) is 4.31. The van der Waals surface area contributed by atoms with Crippen molar-refractivity contribution in [2.45, 2.75) is 40.2 Å². The molecule has 0 radical (unpaired) electrons. The van der Waals surface area contributed by atoms with Gasteiger partial charge >= 0.3 is 0 Å². The van der Waals surface area contributed by atoms with Crippen LogP contribution in [-0.2, 0) is 0 Å². The van der Waals surface area contributed by atoms with Gasteiger partial charge in [0.1, 0.15) is 0 Å². The Bertz CT molecular complexity index is 387. The average molecular weight is 260 g/mol. The molecule has 1 saturated heterocycles. The molecule has 1 unspecified atom stereocenters. The van der Waals surface area contributed by atoms with Gasteiger partial charge in [-0.3, -0.25) is 4.90 Å². The molecule has 106 valence electrons. The number of rotatable bonds is 4. The van der Waals surface area contributed by atoms with E-state index in [1.54, 1.807) is 0 Å². The van der Waals surface area contributed by atoms with Gasteiger partial charge < -0.3 is 5.32 Å². The Kier molecular flexibility index (Phi) is 5.00. The highest BCUT2D eigenvalue weighted by molar-refractivity contribution is 5.31. The van der Waals surface area contributed by atoms with Crippen molar-refractivity contribution in [1.82, 2.24) is 10.2 Å². The van der Waals surface area contributed by atoms with E-state index in [4.69, 9.17) is 0 Å². The van der Waals surface area contributed by atoms with Crippen molar-refractivity contribution in [2.24, 2.45) is 5.92 Å². The Morgan fingerprint density at radius 2 is 1.68 bits per heavy atom. The number of benzene rings is 1. The standard InChI is InChI=1S/C17H28N2/c1-5-15(4)17(19-8-6-18-7-9-19)16-11-13(2)10-14(3)12-16/h10-12,15,17-18H,5-9H2,1-4H3/t15?,17-/m0/s1. The van der Waals surface area contributed by atoms with Crippen molar-refractivity contribution in [2.75, 3.05) is 26.2 Å². The SMILES string of the molecule is CCC(C)[C@@H](c1cc(C)cc(C)c1)N1CCNCC1. The lowest BCUT2D eigenvalue weighted by molar-refractivity contribution is 0.128. The maximum absolute atomic E-state index is 3.46. The molecule has 1 N–H and O–H groups in total. The molecule has 1 fully saturated rings. The lowest BCUT2D eigenvalue weighted by atomic mass is 9.89. The number of nitrogens with one attached hydrogen (secondary N) is 1. The summed E-state index contributed by atoms with van der Waals surface area (Å²) in [5.74, 6) is 0.708. The highest BCUT2D eigenvalue weighted by Gasteiger charge is 2.26. The zero-order chi connectivity index (χ0) is 13.8. The van der Waals surface area contributed by atoms with Gasteiger partial charge in [-0.2, -0.15) is 0 Å². The van der Waals surface area contributed by atoms with Gasteiger partial charge in [-0.1, -0.05) is 49.6 Å². The molecule has 2 heteroatoms. The molecule has 1 heterocycles. The van der Waals surface area contributed by atoms with Gasteiger partial charge in [0.05, 0.1) is 0 Å². The lowest BCUT2D eigenvalue weighted by Crippen LogP contribution is -2.46. The maximum atomic E-state index is 3.46. The molecule has 19 heavy (non-hydrogen) atoms. The van der Waals surface area contributed by atoms with Gasteiger partial charge in [0.15, 0.2) is 0 Å². The van der Waals surface area contributed by atoms with E-state index in [1.807, 2.05) is 0 Å². The summed E-state index contributed by atoms with van der Waals surface area (Å²) in [4.78, 5) is 2.67. The Morgan fingerprint density at radius 1 is 1.11 bits per heavy atom. The summed E-state index contributed by atoms with van der Waals surface area (Å²) >= 11 is 0. The van der Waals surface area contributed by atoms with E-state index >= 15 is 0 Å². The smallest absolute Gasteiger partial charge is 0.0374 e. The molecule has 1 aromatic rings. The quantitative estimate of drug-likeness (QED) is 0.893. The molecule has 1 aromatic carbocycles. The van der Waals surface area contributed by atoms with E-state index in [0.717, 1.165) is 13.1 Å². The van der Waals surface area contributed by atoms with Crippen molar-refractivity contribution in [1.29, 1.82) is 0 Å². The molecule has 0 amide bonds. The van der Waals surface area contributed by atoms with E-state index in [-0.39, 0.29) is 0 Å². The normalized spacial score (nSPS) is 20.2. The monoisotopic (exact) mass is 260 g/mol. The second-order valence-corrected chi connectivity index (χ2v) is 6.04. The van der Waals surface area contributed by atoms with Crippen molar-refractivity contribution >= 4 is 0 Å². The second-order valence-electron chi connectivity index (χ2n) is 6.04. The summed E-state index contributed by atoms with van der Waals surface area (Å²) in [6.45, 7) is 13.7. The van der Waals surface area contributed by atoms with Crippen LogP contribution in [0.3, 0.4) is 0 Å². The van der Waals surface area contributed by atoms with E-state index in [2.05, 4.69) is 56.1 Å². The first-order valence-corrected chi connectivity index (χ1v) is 7.64. The summed E-state index contributed by atoms with van der Waals surface area (Å²) in [5, 5.41) is 3.46. The lowest BCUT2D eigenvalue weighted by Gasteiger charge is -2.38. The van der Waals surface area contributed by atoms with Crippen LogP contribution < -0.4 is 5.32 Å². The van der Waals surface area contributed by atoms with E-state index in [9.17, 15) is 0 Å². The molecule has 2 atom stereocenters. The summed E-state index contributed by atoms with van der Waals surface area (Å²) in [6.07, 6.45) is 1.24. The van der Waals surface area contributed by atoms with Crippen molar-refractivity contribution in [3.05, 3.63) is 34.9 Å². The number of piperazine rings is 1. The zero-order valence-electron chi connectivity index (χ0n) is 12.9. The predicted octanol–water partition coefficient (Wildman–Crippen LogP) is 3.30. The summed E-state index contributed by atoms with van der Waals surface area (Å²) < 4.78 is 0. The van der Waals surface area contributed by atoms with E-state index < -0.39 is 0 Å². The molecule has 0 saturated carbocycles. The predicted molar refractivity (Wildman–Crippen MR) is 82.6 cm³/mol. The minimum atomic E-state index is 0.575. The Morgan fingerprint density at radius 3 is 2.21 bits per heavy atom. The van der Waals surface area contributed by atoms with Crippen LogP contribution in [0.5, 0.6) is 0 Å². The Balaban J connectivity index is 2.30. The summed E-state index contributed by atoms with van der Waals surface area (Å²) in [7, 11) is 0. The first-order chi connectivity index (χ1) is 9.11. The highest BCUT2D eigenvalue weighted by atomic mass is 15.2. The molecular formula is C17H28N2. The van der Waals surface area contributed by atoms with Gasteiger partial charge in [0, 0.05) is 32.2 Å². The van der Waals surface area contributed by atoms with Gasteiger partial charge in [0.25, 0.3) is 0 Å². The van der Waals surface area contributed by atoms with Crippen molar-refractivity contribution in [3.8, 4) is 0 Å². The van der Waals surface area contributed by atoms with E-state index in [1.165, 1.54) is 36.2 Å². The molecule has 0 aliphatic carbocycles. The van der Waals surface area contributed by atoms with Gasteiger partial charge in [-0.15, -0.1) is 0 Å². The van der Waals surface area contributed by atoms with Crippen LogP contribution in [0.15, 0.2) is 18.2 Å². The molecule has 0 spiro atoms. The zero-order valence-corrected chi connectivity index (χ0v) is 12.9. The van der Waals surface area contributed by atoms with Gasteiger partial charge in [-0.05, 0) is 25.3 Å². The van der Waals surface area contributed by atoms with Crippen LogP contribution in [-0.4, -0.2) is 31.1 Å². The van der Waals surface area contributed by atoms with Crippen LogP contribution in [0.25, 0.3) is 0 Å². The van der Waals surface area contributed by atoms with Crippen LogP contribution in [0.4, 0.5) is 0 Å². The fourth-order valence-electron chi connectivity index (χ4n) is 3.26. The highest BCUT2D eigenvalue weighted by Crippen LogP contribution is 2.32. The third kappa shape index (κ3) is 3.58. The minimum Gasteiger partial charge on any atom is -0.314 e. The van der Waals surface area contributed by atoms with Gasteiger partial charge in [0.2, 0.25) is 0 Å². The van der Waals surface area contributed by atoms with Crippen LogP contribution in [0, 0.1) is 19.8 Å². The van der Waals surface area contributed by atoms with Crippen molar-refractivity contribution < 1.29 is 0 Å². The fraction of sp³-hybridized carbons (Fsp3) is 0.647. The number of aryl methyl sites for hydroxylation is 2. The van der Waals surface area contributed by atoms with E-state index in [0.29, 0.717) is 12.0 Å². The molecule has 0 aromatic heterocycles. The molecule has 2 nitrogen and oxygen atoms in total. The minimum absolute atomic E-state index is 0.575. The summed E-state index contributed by atoms with van der Waals surface area (Å²) in [5.41, 5.74) is 4.28. The van der Waals surface area contributed by atoms with Crippen molar-refractivity contribution in [3.63, 3.8) is 0 Å². The number of nitrogens with zero attached hydrogens (tertiary/aromatic N) is 1. The largest absolute Gasteiger partial charge is 0.314 e. The van der Waals surface area contributed by atoms with Crippen LogP contribution in [0.1, 0.15) is 43.0 Å².